The standard InChI is InChI=1S/C33H30F3N7O2/c1-45-30-9-6-24(20-38-30)22-4-8-27-28(19-22)43-29(21-39-31(43)32(44)42(27)17-16-40-12-2-3-13-40)23-5-7-26(25(18-23)33(34,35)36)41-14-10-37-11-15-41/h2-9,12-13,18-21,37H,10-11,14-17H2,1H3. The molecule has 5 heterocycles. The number of nitrogens with zero attached hydrogens (tertiary/aromatic N) is 6. The first kappa shape index (κ1) is 28.7. The maximum Gasteiger partial charge on any atom is 0.418 e. The Labute approximate surface area is 256 Å². The number of fused-ring (bicyclic) bond motifs is 3. The maximum atomic E-state index is 14.5. The normalized spacial score (nSPS) is 14.0. The third-order valence-electron chi connectivity index (χ3n) is 8.29. The van der Waals surface area contributed by atoms with Crippen molar-refractivity contribution in [3.05, 3.63) is 101 Å². The summed E-state index contributed by atoms with van der Waals surface area (Å²) in [6.07, 6.45) is 2.46. The van der Waals surface area contributed by atoms with E-state index in [1.165, 1.54) is 18.3 Å². The van der Waals surface area contributed by atoms with Gasteiger partial charge in [0.25, 0.3) is 5.56 Å². The first-order chi connectivity index (χ1) is 21.8. The van der Waals surface area contributed by atoms with Crippen molar-refractivity contribution in [3.8, 4) is 28.3 Å². The molecule has 1 fully saturated rings. The molecule has 0 radical (unpaired) electrons. The van der Waals surface area contributed by atoms with Crippen LogP contribution in [0.25, 0.3) is 39.1 Å². The highest BCUT2D eigenvalue weighted by molar-refractivity contribution is 5.86. The Kier molecular flexibility index (Phi) is 7.28. The van der Waals surface area contributed by atoms with Crippen LogP contribution in [0.3, 0.4) is 0 Å². The largest absolute Gasteiger partial charge is 0.481 e. The van der Waals surface area contributed by atoms with Gasteiger partial charge in [-0.3, -0.25) is 9.20 Å². The molecule has 0 aliphatic carbocycles. The van der Waals surface area contributed by atoms with Crippen LogP contribution in [-0.2, 0) is 19.3 Å². The lowest BCUT2D eigenvalue weighted by Gasteiger charge is -2.31. The van der Waals surface area contributed by atoms with Crippen LogP contribution in [0.1, 0.15) is 5.56 Å². The van der Waals surface area contributed by atoms with Crippen LogP contribution in [0.2, 0.25) is 0 Å². The molecule has 12 heteroatoms. The van der Waals surface area contributed by atoms with Crippen LogP contribution >= 0.6 is 0 Å². The summed E-state index contributed by atoms with van der Waals surface area (Å²) in [6.45, 7) is 3.12. The predicted molar refractivity (Wildman–Crippen MR) is 167 cm³/mol. The molecule has 0 bridgehead atoms. The van der Waals surface area contributed by atoms with Crippen molar-refractivity contribution in [2.45, 2.75) is 19.3 Å². The summed E-state index contributed by atoms with van der Waals surface area (Å²) in [5.74, 6) is 0.474. The zero-order valence-corrected chi connectivity index (χ0v) is 24.5. The molecule has 7 rings (SSSR count). The topological polar surface area (TPSA) is 81.6 Å². The number of nitrogens with one attached hydrogen (secondary N) is 1. The molecule has 1 saturated heterocycles. The van der Waals surface area contributed by atoms with Gasteiger partial charge in [-0.2, -0.15) is 13.2 Å². The second-order valence-electron chi connectivity index (χ2n) is 10.9. The van der Waals surface area contributed by atoms with Crippen molar-refractivity contribution in [1.82, 2.24) is 28.8 Å². The van der Waals surface area contributed by atoms with Crippen molar-refractivity contribution in [3.63, 3.8) is 0 Å². The lowest BCUT2D eigenvalue weighted by molar-refractivity contribution is -0.137. The third-order valence-corrected chi connectivity index (χ3v) is 8.29. The third kappa shape index (κ3) is 5.31. The lowest BCUT2D eigenvalue weighted by atomic mass is 10.0. The Morgan fingerprint density at radius 2 is 1.62 bits per heavy atom. The molecule has 0 amide bonds. The van der Waals surface area contributed by atoms with Gasteiger partial charge < -0.3 is 24.1 Å². The summed E-state index contributed by atoms with van der Waals surface area (Å²) in [4.78, 5) is 24.5. The minimum Gasteiger partial charge on any atom is -0.481 e. The smallest absolute Gasteiger partial charge is 0.418 e. The molecule has 6 aromatic rings. The second kappa shape index (κ2) is 11.4. The van der Waals surface area contributed by atoms with Gasteiger partial charge in [0.2, 0.25) is 11.5 Å². The van der Waals surface area contributed by atoms with E-state index in [1.807, 2.05) is 53.4 Å². The average Bonchev–Trinajstić information content (AvgIpc) is 3.75. The van der Waals surface area contributed by atoms with Gasteiger partial charge in [-0.1, -0.05) is 12.1 Å². The molecule has 1 N–H and O–H groups in total. The highest BCUT2D eigenvalue weighted by Gasteiger charge is 2.36. The van der Waals surface area contributed by atoms with Crippen molar-refractivity contribution in [1.29, 1.82) is 0 Å². The van der Waals surface area contributed by atoms with Gasteiger partial charge in [0.1, 0.15) is 0 Å². The molecule has 0 atom stereocenters. The van der Waals surface area contributed by atoms with Gasteiger partial charge in [-0.05, 0) is 48.0 Å². The van der Waals surface area contributed by atoms with Gasteiger partial charge in [0.15, 0.2) is 0 Å². The van der Waals surface area contributed by atoms with E-state index in [4.69, 9.17) is 4.74 Å². The fraction of sp³-hybridized carbons (Fsp3) is 0.242. The van der Waals surface area contributed by atoms with Gasteiger partial charge >= 0.3 is 6.18 Å². The number of aromatic nitrogens is 5. The molecule has 2 aromatic carbocycles. The van der Waals surface area contributed by atoms with E-state index in [0.29, 0.717) is 67.4 Å². The Morgan fingerprint density at radius 1 is 0.867 bits per heavy atom. The van der Waals surface area contributed by atoms with Gasteiger partial charge in [-0.15, -0.1) is 0 Å². The number of piperazine rings is 1. The van der Waals surface area contributed by atoms with E-state index in [1.54, 1.807) is 39.3 Å². The first-order valence-corrected chi connectivity index (χ1v) is 14.6. The van der Waals surface area contributed by atoms with Gasteiger partial charge in [-0.25, -0.2) is 9.97 Å². The number of aryl methyl sites for hydroxylation is 2. The number of imidazole rings is 1. The van der Waals surface area contributed by atoms with Crippen molar-refractivity contribution < 1.29 is 17.9 Å². The summed E-state index contributed by atoms with van der Waals surface area (Å²) in [7, 11) is 1.54. The number of hydrogen-bond donors (Lipinski definition) is 1. The Bertz CT molecular complexity index is 2040. The van der Waals surface area contributed by atoms with Gasteiger partial charge in [0, 0.05) is 80.7 Å². The van der Waals surface area contributed by atoms with Crippen LogP contribution < -0.4 is 20.5 Å². The Balaban J connectivity index is 1.43. The molecule has 0 spiro atoms. The molecule has 1 aliphatic heterocycles. The lowest BCUT2D eigenvalue weighted by Crippen LogP contribution is -2.44. The van der Waals surface area contributed by atoms with Crippen LogP contribution in [-0.4, -0.2) is 56.8 Å². The zero-order valence-electron chi connectivity index (χ0n) is 24.5. The molecular weight excluding hydrogens is 583 g/mol. The Hall–Kier alpha value is -5.10. The molecular formula is C33H30F3N7O2. The van der Waals surface area contributed by atoms with E-state index in [0.717, 1.165) is 11.1 Å². The molecule has 0 saturated carbocycles. The van der Waals surface area contributed by atoms with E-state index < -0.39 is 11.7 Å². The van der Waals surface area contributed by atoms with Crippen LogP contribution in [0, 0.1) is 0 Å². The molecule has 230 valence electrons. The van der Waals surface area contributed by atoms with Crippen molar-refractivity contribution in [2.24, 2.45) is 0 Å². The maximum absolute atomic E-state index is 14.5. The highest BCUT2D eigenvalue weighted by atomic mass is 19.4. The number of methoxy groups -OCH3 is 1. The highest BCUT2D eigenvalue weighted by Crippen LogP contribution is 2.40. The molecule has 45 heavy (non-hydrogen) atoms. The minimum absolute atomic E-state index is 0.134. The van der Waals surface area contributed by atoms with E-state index >= 15 is 0 Å². The number of anilines is 1. The van der Waals surface area contributed by atoms with Crippen molar-refractivity contribution >= 4 is 22.4 Å². The van der Waals surface area contributed by atoms with E-state index in [2.05, 4.69) is 15.3 Å². The predicted octanol–water partition coefficient (Wildman–Crippen LogP) is 5.32. The van der Waals surface area contributed by atoms with E-state index in [-0.39, 0.29) is 16.9 Å². The molecule has 4 aromatic heterocycles. The van der Waals surface area contributed by atoms with E-state index in [9.17, 15) is 18.0 Å². The average molecular weight is 614 g/mol. The number of hydrogen-bond acceptors (Lipinski definition) is 6. The molecule has 0 unspecified atom stereocenters. The summed E-state index contributed by atoms with van der Waals surface area (Å²) in [5.41, 5.74) is 2.86. The number of benzene rings is 2. The number of pyridine rings is 1. The second-order valence-corrected chi connectivity index (χ2v) is 10.9. The quantitative estimate of drug-likeness (QED) is 0.263. The molecule has 1 aliphatic rings. The minimum atomic E-state index is -4.57. The summed E-state index contributed by atoms with van der Waals surface area (Å²) < 4.78 is 53.9. The number of alkyl halides is 3. The molecule has 9 nitrogen and oxygen atoms in total. The summed E-state index contributed by atoms with van der Waals surface area (Å²) in [5, 5.41) is 3.18. The number of ether oxygens (including phenoxy) is 1. The zero-order chi connectivity index (χ0) is 31.1. The first-order valence-electron chi connectivity index (χ1n) is 14.6. The van der Waals surface area contributed by atoms with Crippen LogP contribution in [0.4, 0.5) is 18.9 Å². The Morgan fingerprint density at radius 3 is 2.33 bits per heavy atom. The fourth-order valence-electron chi connectivity index (χ4n) is 6.02. The summed E-state index contributed by atoms with van der Waals surface area (Å²) >= 11 is 0. The summed E-state index contributed by atoms with van der Waals surface area (Å²) in [6, 6.07) is 17.5. The SMILES string of the molecule is COc1ccc(-c2ccc3c(c2)n2c(-c4ccc(N5CCNCC5)c(C(F)(F)F)c4)cnc2c(=O)n3CCn2cccc2)cn1. The van der Waals surface area contributed by atoms with Crippen LogP contribution in [0.15, 0.2) is 90.2 Å². The number of rotatable bonds is 7. The fourth-order valence-corrected chi connectivity index (χ4v) is 6.02. The van der Waals surface area contributed by atoms with Gasteiger partial charge in [0.05, 0.1) is 35.6 Å². The van der Waals surface area contributed by atoms with Crippen molar-refractivity contribution in [2.75, 3.05) is 38.2 Å². The number of halogens is 3. The van der Waals surface area contributed by atoms with Crippen LogP contribution in [0.5, 0.6) is 5.88 Å². The monoisotopic (exact) mass is 613 g/mol.